The molecule has 7 heteroatoms. The van der Waals surface area contributed by atoms with E-state index in [0.29, 0.717) is 18.9 Å². The summed E-state index contributed by atoms with van der Waals surface area (Å²) in [6.45, 7) is 4.39. The molecule has 0 saturated heterocycles. The molecule has 0 aliphatic heterocycles. The molecule has 0 fully saturated rings. The van der Waals surface area contributed by atoms with E-state index >= 15 is 0 Å². The van der Waals surface area contributed by atoms with Crippen LogP contribution in [0.15, 0.2) is 15.9 Å². The number of hydrogen-bond acceptors (Lipinski definition) is 6. The van der Waals surface area contributed by atoms with Gasteiger partial charge in [0.05, 0.1) is 17.1 Å². The highest BCUT2D eigenvalue weighted by Gasteiger charge is 2.03. The van der Waals surface area contributed by atoms with Crippen molar-refractivity contribution in [1.82, 2.24) is 9.97 Å². The number of hydrogen-bond donors (Lipinski definition) is 1. The summed E-state index contributed by atoms with van der Waals surface area (Å²) < 4.78 is 0. The number of nitrogens with two attached hydrogens (primary N) is 1. The molecule has 2 N–H and O–H groups in total. The minimum Gasteiger partial charge on any atom is -0.388 e. The van der Waals surface area contributed by atoms with Crippen LogP contribution in [0.1, 0.15) is 28.3 Å². The smallest absolute Gasteiger partial charge is 0.160 e. The van der Waals surface area contributed by atoms with Crippen molar-refractivity contribution in [2.24, 2.45) is 10.9 Å². The van der Waals surface area contributed by atoms with Gasteiger partial charge in [-0.15, -0.1) is 22.7 Å². The average Bonchev–Trinajstić information content (AvgIpc) is 2.98. The van der Waals surface area contributed by atoms with Gasteiger partial charge in [-0.2, -0.15) is 0 Å². The van der Waals surface area contributed by atoms with Crippen molar-refractivity contribution in [2.75, 3.05) is 0 Å². The van der Waals surface area contributed by atoms with Crippen molar-refractivity contribution in [3.05, 3.63) is 32.2 Å². The van der Waals surface area contributed by atoms with Crippen molar-refractivity contribution < 1.29 is 4.84 Å². The van der Waals surface area contributed by atoms with Gasteiger partial charge in [-0.3, -0.25) is 0 Å². The molecular weight excluding hydrogens is 280 g/mol. The third-order valence-corrected chi connectivity index (χ3v) is 4.30. The van der Waals surface area contributed by atoms with E-state index in [1.165, 1.54) is 0 Å². The Morgan fingerprint density at radius 2 is 2.11 bits per heavy atom. The lowest BCUT2D eigenvalue weighted by Gasteiger charge is -1.98. The van der Waals surface area contributed by atoms with Gasteiger partial charge in [0, 0.05) is 16.5 Å². The van der Waals surface area contributed by atoms with E-state index in [0.717, 1.165) is 27.8 Å². The van der Waals surface area contributed by atoms with Crippen molar-refractivity contribution in [2.45, 2.75) is 33.3 Å². The van der Waals surface area contributed by atoms with Crippen molar-refractivity contribution in [1.29, 1.82) is 0 Å². The highest BCUT2D eigenvalue weighted by molar-refractivity contribution is 7.10. The zero-order valence-electron chi connectivity index (χ0n) is 10.9. The lowest BCUT2D eigenvalue weighted by molar-refractivity contribution is 0.127. The SMILES string of the molecule is CCc1nc(CON=C(N)Cc2nc(C)cs2)cs1. The summed E-state index contributed by atoms with van der Waals surface area (Å²) in [5.41, 5.74) is 7.68. The van der Waals surface area contributed by atoms with Crippen LogP contribution in [0.2, 0.25) is 0 Å². The Labute approximate surface area is 120 Å². The van der Waals surface area contributed by atoms with Crippen molar-refractivity contribution in [3.8, 4) is 0 Å². The number of aryl methyl sites for hydroxylation is 2. The van der Waals surface area contributed by atoms with Gasteiger partial charge in [0.2, 0.25) is 0 Å². The highest BCUT2D eigenvalue weighted by Crippen LogP contribution is 2.11. The third-order valence-electron chi connectivity index (χ3n) is 2.29. The van der Waals surface area contributed by atoms with Gasteiger partial charge in [-0.25, -0.2) is 9.97 Å². The van der Waals surface area contributed by atoms with Crippen LogP contribution < -0.4 is 5.73 Å². The molecule has 2 heterocycles. The van der Waals surface area contributed by atoms with Crippen LogP contribution in [-0.4, -0.2) is 15.8 Å². The first kappa shape index (κ1) is 14.0. The van der Waals surface area contributed by atoms with E-state index in [1.807, 2.05) is 17.7 Å². The number of rotatable bonds is 6. The second kappa shape index (κ2) is 6.63. The first-order chi connectivity index (χ1) is 9.17. The molecule has 0 aliphatic rings. The summed E-state index contributed by atoms with van der Waals surface area (Å²) in [6, 6.07) is 0. The van der Waals surface area contributed by atoms with Gasteiger partial charge in [-0.1, -0.05) is 12.1 Å². The summed E-state index contributed by atoms with van der Waals surface area (Å²) in [5, 5.41) is 9.91. The Kier molecular flexibility index (Phi) is 4.86. The standard InChI is InChI=1S/C12H16N4OS2/c1-3-11-15-9(7-19-11)5-17-16-10(13)4-12-14-8(2)6-18-12/h6-7H,3-5H2,1-2H3,(H2,13,16). The number of oxime groups is 1. The van der Waals surface area contributed by atoms with Crippen LogP contribution in [0.3, 0.4) is 0 Å². The molecule has 0 saturated carbocycles. The monoisotopic (exact) mass is 296 g/mol. The summed E-state index contributed by atoms with van der Waals surface area (Å²) in [4.78, 5) is 13.9. The average molecular weight is 296 g/mol. The van der Waals surface area contributed by atoms with Crippen LogP contribution in [-0.2, 0) is 24.3 Å². The van der Waals surface area contributed by atoms with E-state index in [4.69, 9.17) is 10.6 Å². The Balaban J connectivity index is 1.81. The number of aromatic nitrogens is 2. The molecule has 2 rings (SSSR count). The number of thiazole rings is 2. The second-order valence-corrected chi connectivity index (χ2v) is 5.89. The van der Waals surface area contributed by atoms with E-state index in [1.54, 1.807) is 22.7 Å². The second-order valence-electron chi connectivity index (χ2n) is 4.00. The Bertz CT molecular complexity index is 562. The number of nitrogens with zero attached hydrogens (tertiary/aromatic N) is 3. The largest absolute Gasteiger partial charge is 0.388 e. The predicted octanol–water partition coefficient (Wildman–Crippen LogP) is 2.50. The lowest BCUT2D eigenvalue weighted by atomic mass is 10.4. The van der Waals surface area contributed by atoms with Crippen LogP contribution in [0, 0.1) is 6.92 Å². The molecule has 0 aromatic carbocycles. The molecular formula is C12H16N4OS2. The molecule has 0 radical (unpaired) electrons. The lowest BCUT2D eigenvalue weighted by Crippen LogP contribution is -2.15. The molecule has 2 aromatic heterocycles. The van der Waals surface area contributed by atoms with Gasteiger partial charge < -0.3 is 10.6 Å². The fourth-order valence-corrected chi connectivity index (χ4v) is 2.95. The fourth-order valence-electron chi connectivity index (χ4n) is 1.43. The first-order valence-electron chi connectivity index (χ1n) is 5.96. The van der Waals surface area contributed by atoms with E-state index in [9.17, 15) is 0 Å². The van der Waals surface area contributed by atoms with E-state index in [2.05, 4.69) is 22.0 Å². The summed E-state index contributed by atoms with van der Waals surface area (Å²) in [5.74, 6) is 0.431. The van der Waals surface area contributed by atoms with Gasteiger partial charge in [0.1, 0.15) is 10.8 Å². The normalized spacial score (nSPS) is 11.8. The first-order valence-corrected chi connectivity index (χ1v) is 7.72. The molecule has 0 aliphatic carbocycles. The molecule has 102 valence electrons. The van der Waals surface area contributed by atoms with E-state index in [-0.39, 0.29) is 0 Å². The molecule has 5 nitrogen and oxygen atoms in total. The Hall–Kier alpha value is -1.47. The molecule has 0 bridgehead atoms. The summed E-state index contributed by atoms with van der Waals surface area (Å²) in [6.07, 6.45) is 1.47. The highest BCUT2D eigenvalue weighted by atomic mass is 32.1. The van der Waals surface area contributed by atoms with Gasteiger partial charge >= 0.3 is 0 Å². The molecule has 0 unspecified atom stereocenters. The zero-order chi connectivity index (χ0) is 13.7. The topological polar surface area (TPSA) is 73.4 Å². The van der Waals surface area contributed by atoms with E-state index < -0.39 is 0 Å². The van der Waals surface area contributed by atoms with Gasteiger partial charge in [-0.05, 0) is 13.3 Å². The van der Waals surface area contributed by atoms with Crippen LogP contribution in [0.4, 0.5) is 0 Å². The quantitative estimate of drug-likeness (QED) is 0.505. The predicted molar refractivity (Wildman–Crippen MR) is 78.5 cm³/mol. The Morgan fingerprint density at radius 1 is 1.32 bits per heavy atom. The summed E-state index contributed by atoms with van der Waals surface area (Å²) >= 11 is 3.21. The Morgan fingerprint density at radius 3 is 2.74 bits per heavy atom. The van der Waals surface area contributed by atoms with Gasteiger partial charge in [0.25, 0.3) is 0 Å². The fraction of sp³-hybridized carbons (Fsp3) is 0.417. The van der Waals surface area contributed by atoms with Gasteiger partial charge in [0.15, 0.2) is 6.61 Å². The van der Waals surface area contributed by atoms with Crippen molar-refractivity contribution >= 4 is 28.5 Å². The summed E-state index contributed by atoms with van der Waals surface area (Å²) in [7, 11) is 0. The maximum Gasteiger partial charge on any atom is 0.160 e. The molecule has 0 spiro atoms. The third kappa shape index (κ3) is 4.29. The molecule has 0 amide bonds. The maximum atomic E-state index is 5.78. The maximum absolute atomic E-state index is 5.78. The zero-order valence-corrected chi connectivity index (χ0v) is 12.6. The van der Waals surface area contributed by atoms with Crippen LogP contribution in [0.25, 0.3) is 0 Å². The minimum atomic E-state index is 0.355. The number of amidine groups is 1. The molecule has 2 aromatic rings. The molecule has 19 heavy (non-hydrogen) atoms. The van der Waals surface area contributed by atoms with Crippen LogP contribution >= 0.6 is 22.7 Å². The minimum absolute atomic E-state index is 0.355. The van der Waals surface area contributed by atoms with Crippen molar-refractivity contribution in [3.63, 3.8) is 0 Å². The van der Waals surface area contributed by atoms with Crippen LogP contribution in [0.5, 0.6) is 0 Å². The molecule has 0 atom stereocenters.